The van der Waals surface area contributed by atoms with Crippen molar-refractivity contribution >= 4 is 12.6 Å². The minimum absolute atomic E-state index is 0.152. The molecule has 1 aromatic rings. The van der Waals surface area contributed by atoms with Crippen LogP contribution in [0.3, 0.4) is 0 Å². The molecule has 13 heavy (non-hydrogen) atoms. The Hall–Kier alpha value is -1.27. The molecule has 0 amide bonds. The minimum atomic E-state index is -2.06. The molecule has 0 saturated carbocycles. The molecule has 0 spiro atoms. The highest BCUT2D eigenvalue weighted by molar-refractivity contribution is 6.59. The van der Waals surface area contributed by atoms with Crippen molar-refractivity contribution < 1.29 is 24.3 Å². The molecule has 0 aliphatic rings. The van der Waals surface area contributed by atoms with Gasteiger partial charge in [-0.05, 0) is 12.1 Å². The van der Waals surface area contributed by atoms with Gasteiger partial charge in [0.2, 0.25) is 0 Å². The number of methoxy groups -OCH3 is 1. The van der Waals surface area contributed by atoms with Crippen LogP contribution in [0.5, 0.6) is 11.5 Å². The van der Waals surface area contributed by atoms with Crippen LogP contribution in [0, 0.1) is 5.82 Å². The first kappa shape index (κ1) is 9.82. The molecule has 0 atom stereocenters. The molecular formula is C7H8BFO4. The predicted octanol–water partition coefficient (Wildman–Crippen LogP) is -0.780. The minimum Gasteiger partial charge on any atom is -0.508 e. The highest BCUT2D eigenvalue weighted by atomic mass is 19.1. The van der Waals surface area contributed by atoms with Crippen LogP contribution in [0.15, 0.2) is 12.1 Å². The van der Waals surface area contributed by atoms with Gasteiger partial charge in [0.05, 0.1) is 12.6 Å². The zero-order valence-corrected chi connectivity index (χ0v) is 6.86. The quantitative estimate of drug-likeness (QED) is 0.530. The van der Waals surface area contributed by atoms with Crippen LogP contribution in [0.4, 0.5) is 4.39 Å². The van der Waals surface area contributed by atoms with Gasteiger partial charge < -0.3 is 19.9 Å². The molecule has 0 unspecified atom stereocenters. The van der Waals surface area contributed by atoms with Gasteiger partial charge in [-0.3, -0.25) is 0 Å². The fourth-order valence-corrected chi connectivity index (χ4v) is 0.966. The van der Waals surface area contributed by atoms with E-state index < -0.39 is 24.1 Å². The van der Waals surface area contributed by atoms with Gasteiger partial charge in [-0.25, -0.2) is 4.39 Å². The van der Waals surface area contributed by atoms with E-state index in [0.717, 1.165) is 6.07 Å². The topological polar surface area (TPSA) is 69.9 Å². The summed E-state index contributed by atoms with van der Waals surface area (Å²) in [5, 5.41) is 26.5. The fraction of sp³-hybridized carbons (Fsp3) is 0.143. The van der Waals surface area contributed by atoms with Crippen molar-refractivity contribution in [3.05, 3.63) is 17.9 Å². The Kier molecular flexibility index (Phi) is 2.74. The molecule has 1 aromatic carbocycles. The largest absolute Gasteiger partial charge is 0.508 e. The summed E-state index contributed by atoms with van der Waals surface area (Å²) in [5.41, 5.74) is -0.584. The van der Waals surface area contributed by atoms with Gasteiger partial charge in [0.1, 0.15) is 5.75 Å². The molecule has 0 heterocycles. The van der Waals surface area contributed by atoms with Gasteiger partial charge in [-0.2, -0.15) is 0 Å². The second-order valence-corrected chi connectivity index (χ2v) is 2.39. The van der Waals surface area contributed by atoms with Gasteiger partial charge in [-0.15, -0.1) is 0 Å². The van der Waals surface area contributed by atoms with Crippen LogP contribution in [0.2, 0.25) is 0 Å². The first-order valence-corrected chi connectivity index (χ1v) is 3.49. The van der Waals surface area contributed by atoms with E-state index in [1.54, 1.807) is 0 Å². The summed E-state index contributed by atoms with van der Waals surface area (Å²) in [6.07, 6.45) is 0. The standard InChI is InChI=1S/C7H8BFO4/c1-13-5-3-2-4(10)6(7(5)9)8(11)12/h2-3,10-12H,1H3. The van der Waals surface area contributed by atoms with E-state index >= 15 is 0 Å². The number of phenolic OH excluding ortho intramolecular Hbond substituents is 1. The Morgan fingerprint density at radius 3 is 2.46 bits per heavy atom. The molecule has 0 fully saturated rings. The molecule has 0 aliphatic heterocycles. The molecule has 3 N–H and O–H groups in total. The van der Waals surface area contributed by atoms with Crippen LogP contribution >= 0.6 is 0 Å². The van der Waals surface area contributed by atoms with E-state index in [4.69, 9.17) is 15.2 Å². The number of aromatic hydroxyl groups is 1. The lowest BCUT2D eigenvalue weighted by molar-refractivity contribution is 0.379. The number of phenols is 1. The molecule has 0 saturated heterocycles. The van der Waals surface area contributed by atoms with E-state index in [9.17, 15) is 4.39 Å². The monoisotopic (exact) mass is 186 g/mol. The average molecular weight is 186 g/mol. The molecule has 4 nitrogen and oxygen atoms in total. The van der Waals surface area contributed by atoms with Gasteiger partial charge in [0.25, 0.3) is 0 Å². The Bertz CT molecular complexity index is 316. The number of ether oxygens (including phenoxy) is 1. The van der Waals surface area contributed by atoms with Crippen molar-refractivity contribution in [2.45, 2.75) is 0 Å². The number of hydrogen-bond donors (Lipinski definition) is 3. The number of hydrogen-bond acceptors (Lipinski definition) is 4. The molecular weight excluding hydrogens is 178 g/mol. The number of rotatable bonds is 2. The summed E-state index contributed by atoms with van der Waals surface area (Å²) < 4.78 is 17.8. The summed E-state index contributed by atoms with van der Waals surface area (Å²) >= 11 is 0. The van der Waals surface area contributed by atoms with E-state index in [1.807, 2.05) is 0 Å². The molecule has 0 aliphatic carbocycles. The van der Waals surface area contributed by atoms with Crippen molar-refractivity contribution in [2.24, 2.45) is 0 Å². The maximum absolute atomic E-state index is 13.2. The lowest BCUT2D eigenvalue weighted by Crippen LogP contribution is -2.33. The summed E-state index contributed by atoms with van der Waals surface area (Å²) in [6.45, 7) is 0. The third-order valence-electron chi connectivity index (χ3n) is 1.60. The van der Waals surface area contributed by atoms with Gasteiger partial charge in [0, 0.05) is 0 Å². The van der Waals surface area contributed by atoms with Gasteiger partial charge in [0.15, 0.2) is 11.6 Å². The zero-order valence-electron chi connectivity index (χ0n) is 6.86. The lowest BCUT2D eigenvalue weighted by atomic mass is 9.79. The zero-order chi connectivity index (χ0) is 10.0. The van der Waals surface area contributed by atoms with Crippen LogP contribution < -0.4 is 10.2 Å². The Morgan fingerprint density at radius 1 is 1.38 bits per heavy atom. The van der Waals surface area contributed by atoms with Crippen molar-refractivity contribution in [3.8, 4) is 11.5 Å². The van der Waals surface area contributed by atoms with Crippen molar-refractivity contribution in [2.75, 3.05) is 7.11 Å². The second-order valence-electron chi connectivity index (χ2n) is 2.39. The summed E-state index contributed by atoms with van der Waals surface area (Å²) in [5.74, 6) is -1.65. The molecule has 0 bridgehead atoms. The SMILES string of the molecule is COc1ccc(O)c(B(O)O)c1F. The lowest BCUT2D eigenvalue weighted by Gasteiger charge is -2.08. The normalized spacial score (nSPS) is 9.85. The van der Waals surface area contributed by atoms with Crippen LogP contribution in [0.25, 0.3) is 0 Å². The number of halogens is 1. The van der Waals surface area contributed by atoms with Gasteiger partial charge in [-0.1, -0.05) is 0 Å². The van der Waals surface area contributed by atoms with E-state index in [1.165, 1.54) is 13.2 Å². The Labute approximate surface area is 74.4 Å². The highest BCUT2D eigenvalue weighted by Crippen LogP contribution is 2.19. The first-order valence-electron chi connectivity index (χ1n) is 3.49. The molecule has 6 heteroatoms. The Balaban J connectivity index is 3.30. The van der Waals surface area contributed by atoms with Crippen LogP contribution in [-0.2, 0) is 0 Å². The maximum Gasteiger partial charge on any atom is 0.495 e. The van der Waals surface area contributed by atoms with Crippen molar-refractivity contribution in [1.82, 2.24) is 0 Å². The molecule has 1 rings (SSSR count). The molecule has 0 aromatic heterocycles. The predicted molar refractivity (Wildman–Crippen MR) is 44.4 cm³/mol. The highest BCUT2D eigenvalue weighted by Gasteiger charge is 2.23. The van der Waals surface area contributed by atoms with Crippen LogP contribution in [0.1, 0.15) is 0 Å². The van der Waals surface area contributed by atoms with E-state index in [2.05, 4.69) is 4.74 Å². The van der Waals surface area contributed by atoms with Crippen molar-refractivity contribution in [1.29, 1.82) is 0 Å². The first-order chi connectivity index (χ1) is 6.07. The van der Waals surface area contributed by atoms with E-state index in [0.29, 0.717) is 0 Å². The second kappa shape index (κ2) is 3.63. The summed E-state index contributed by atoms with van der Waals surface area (Å²) in [4.78, 5) is 0. The summed E-state index contributed by atoms with van der Waals surface area (Å²) in [6, 6.07) is 2.31. The maximum atomic E-state index is 13.2. The van der Waals surface area contributed by atoms with Crippen molar-refractivity contribution in [3.63, 3.8) is 0 Å². The summed E-state index contributed by atoms with van der Waals surface area (Å²) in [7, 11) is -0.821. The number of benzene rings is 1. The fourth-order valence-electron chi connectivity index (χ4n) is 0.966. The smallest absolute Gasteiger partial charge is 0.495 e. The third-order valence-corrected chi connectivity index (χ3v) is 1.60. The Morgan fingerprint density at radius 2 is 2.00 bits per heavy atom. The third kappa shape index (κ3) is 1.73. The molecule has 70 valence electrons. The van der Waals surface area contributed by atoms with E-state index in [-0.39, 0.29) is 5.75 Å². The van der Waals surface area contributed by atoms with Gasteiger partial charge >= 0.3 is 7.12 Å². The van der Waals surface area contributed by atoms with Crippen LogP contribution in [-0.4, -0.2) is 29.4 Å². The average Bonchev–Trinajstić information content (AvgIpc) is 2.04. The molecule has 0 radical (unpaired) electrons.